The maximum Gasteiger partial charge on any atom is 0.258 e. The molecule has 2 aromatic carbocycles. The highest BCUT2D eigenvalue weighted by molar-refractivity contribution is 6.05. The lowest BCUT2D eigenvalue weighted by molar-refractivity contribution is 0.102. The molecule has 106 valence electrons. The zero-order valence-corrected chi connectivity index (χ0v) is 11.3. The van der Waals surface area contributed by atoms with Crippen LogP contribution in [0.2, 0.25) is 0 Å². The second-order valence-electron chi connectivity index (χ2n) is 4.75. The number of anilines is 2. The lowest BCUT2D eigenvalue weighted by Crippen LogP contribution is -2.13. The number of hydrogen-bond donors (Lipinski definition) is 3. The number of amides is 1. The number of hydrogen-bond acceptors (Lipinski definition) is 3. The fraction of sp³-hybridized carbons (Fsp3) is 0.0667. The molecule has 6 heteroatoms. The van der Waals surface area contributed by atoms with Crippen molar-refractivity contribution < 1.29 is 9.18 Å². The van der Waals surface area contributed by atoms with Crippen LogP contribution in [0.15, 0.2) is 36.4 Å². The normalized spacial score (nSPS) is 10.8. The molecule has 0 aliphatic rings. The van der Waals surface area contributed by atoms with Crippen LogP contribution in [-0.4, -0.2) is 15.9 Å². The van der Waals surface area contributed by atoms with Gasteiger partial charge in [0.25, 0.3) is 5.91 Å². The number of imidazole rings is 1. The predicted octanol–water partition coefficient (Wildman–Crippen LogP) is 2.84. The van der Waals surface area contributed by atoms with Gasteiger partial charge >= 0.3 is 0 Å². The number of benzene rings is 2. The van der Waals surface area contributed by atoms with E-state index in [0.29, 0.717) is 5.69 Å². The molecule has 0 atom stereocenters. The number of halogens is 1. The first-order chi connectivity index (χ1) is 10.0. The molecule has 1 heterocycles. The molecule has 1 amide bonds. The quantitative estimate of drug-likeness (QED) is 0.633. The number of nitrogens with two attached hydrogens (primary N) is 1. The van der Waals surface area contributed by atoms with Gasteiger partial charge in [0.2, 0.25) is 0 Å². The number of aromatic nitrogens is 2. The van der Waals surface area contributed by atoms with E-state index in [0.717, 1.165) is 22.9 Å². The van der Waals surface area contributed by atoms with Crippen molar-refractivity contribution in [3.63, 3.8) is 0 Å². The highest BCUT2D eigenvalue weighted by Crippen LogP contribution is 2.19. The van der Waals surface area contributed by atoms with Crippen molar-refractivity contribution in [1.29, 1.82) is 0 Å². The van der Waals surface area contributed by atoms with Crippen LogP contribution < -0.4 is 11.1 Å². The Labute approximate surface area is 120 Å². The van der Waals surface area contributed by atoms with E-state index in [-0.39, 0.29) is 11.3 Å². The molecule has 0 aliphatic heterocycles. The van der Waals surface area contributed by atoms with Crippen LogP contribution in [0.3, 0.4) is 0 Å². The van der Waals surface area contributed by atoms with Crippen molar-refractivity contribution in [2.45, 2.75) is 6.92 Å². The SMILES string of the molecule is Cc1nc2ccc(NC(=O)c3ccc(N)cc3F)cc2[nH]1. The largest absolute Gasteiger partial charge is 0.399 e. The topological polar surface area (TPSA) is 83.8 Å². The van der Waals surface area contributed by atoms with E-state index < -0.39 is 11.7 Å². The maximum atomic E-state index is 13.7. The fourth-order valence-electron chi connectivity index (χ4n) is 2.13. The number of fused-ring (bicyclic) bond motifs is 1. The zero-order valence-electron chi connectivity index (χ0n) is 11.3. The van der Waals surface area contributed by atoms with Crippen LogP contribution in [0.1, 0.15) is 16.2 Å². The number of nitrogens with one attached hydrogen (secondary N) is 2. The van der Waals surface area contributed by atoms with Crippen molar-refractivity contribution in [3.8, 4) is 0 Å². The van der Waals surface area contributed by atoms with Gasteiger partial charge < -0.3 is 16.0 Å². The van der Waals surface area contributed by atoms with E-state index in [1.165, 1.54) is 12.1 Å². The third-order valence-electron chi connectivity index (χ3n) is 3.10. The molecule has 1 aromatic heterocycles. The minimum Gasteiger partial charge on any atom is -0.399 e. The average Bonchev–Trinajstić information content (AvgIpc) is 2.77. The summed E-state index contributed by atoms with van der Waals surface area (Å²) in [4.78, 5) is 19.4. The van der Waals surface area contributed by atoms with Crippen LogP contribution in [-0.2, 0) is 0 Å². The van der Waals surface area contributed by atoms with Crippen molar-refractivity contribution in [3.05, 3.63) is 53.6 Å². The van der Waals surface area contributed by atoms with Crippen molar-refractivity contribution in [1.82, 2.24) is 9.97 Å². The van der Waals surface area contributed by atoms with Gasteiger partial charge in [-0.05, 0) is 43.3 Å². The van der Waals surface area contributed by atoms with Crippen LogP contribution in [0.25, 0.3) is 11.0 Å². The van der Waals surface area contributed by atoms with Crippen LogP contribution >= 0.6 is 0 Å². The number of nitrogens with zero attached hydrogens (tertiary/aromatic N) is 1. The smallest absolute Gasteiger partial charge is 0.258 e. The third-order valence-corrected chi connectivity index (χ3v) is 3.10. The van der Waals surface area contributed by atoms with E-state index in [4.69, 9.17) is 5.73 Å². The highest BCUT2D eigenvalue weighted by atomic mass is 19.1. The standard InChI is InChI=1S/C15H13FN4O/c1-8-18-13-5-3-10(7-14(13)19-8)20-15(21)11-4-2-9(17)6-12(11)16/h2-7H,17H2,1H3,(H,18,19)(H,20,21). The number of carbonyl (C=O) groups is 1. The van der Waals surface area contributed by atoms with E-state index in [1.54, 1.807) is 18.2 Å². The first kappa shape index (κ1) is 13.1. The molecule has 4 N–H and O–H groups in total. The molecule has 21 heavy (non-hydrogen) atoms. The second kappa shape index (κ2) is 4.90. The number of rotatable bonds is 2. The molecule has 3 rings (SSSR count). The first-order valence-corrected chi connectivity index (χ1v) is 6.36. The number of aryl methyl sites for hydroxylation is 1. The van der Waals surface area contributed by atoms with Gasteiger partial charge in [-0.3, -0.25) is 4.79 Å². The molecule has 0 saturated heterocycles. The van der Waals surface area contributed by atoms with Gasteiger partial charge in [0.1, 0.15) is 11.6 Å². The number of aromatic amines is 1. The summed E-state index contributed by atoms with van der Waals surface area (Å²) < 4.78 is 13.7. The minimum atomic E-state index is -0.647. The number of nitrogen functional groups attached to an aromatic ring is 1. The van der Waals surface area contributed by atoms with E-state index >= 15 is 0 Å². The second-order valence-corrected chi connectivity index (χ2v) is 4.75. The summed E-state index contributed by atoms with van der Waals surface area (Å²) in [6, 6.07) is 9.22. The van der Waals surface area contributed by atoms with Crippen LogP contribution in [0.4, 0.5) is 15.8 Å². The van der Waals surface area contributed by atoms with Gasteiger partial charge in [-0.2, -0.15) is 0 Å². The summed E-state index contributed by atoms with van der Waals surface area (Å²) in [7, 11) is 0. The Hall–Kier alpha value is -2.89. The first-order valence-electron chi connectivity index (χ1n) is 6.36. The Morgan fingerprint density at radius 3 is 2.86 bits per heavy atom. The van der Waals surface area contributed by atoms with E-state index in [2.05, 4.69) is 15.3 Å². The summed E-state index contributed by atoms with van der Waals surface area (Å²) >= 11 is 0. The molecule has 3 aromatic rings. The Morgan fingerprint density at radius 1 is 1.29 bits per heavy atom. The van der Waals surface area contributed by atoms with Gasteiger partial charge in [0, 0.05) is 11.4 Å². The Kier molecular flexibility index (Phi) is 3.06. The van der Waals surface area contributed by atoms with Crippen LogP contribution in [0, 0.1) is 12.7 Å². The predicted molar refractivity (Wildman–Crippen MR) is 79.6 cm³/mol. The molecule has 0 fully saturated rings. The summed E-state index contributed by atoms with van der Waals surface area (Å²) in [6.45, 7) is 1.85. The average molecular weight is 284 g/mol. The van der Waals surface area contributed by atoms with Gasteiger partial charge in [-0.1, -0.05) is 0 Å². The van der Waals surface area contributed by atoms with Gasteiger partial charge in [-0.15, -0.1) is 0 Å². The molecular formula is C15H13FN4O. The molecule has 0 radical (unpaired) electrons. The lowest BCUT2D eigenvalue weighted by atomic mass is 10.1. The maximum absolute atomic E-state index is 13.7. The molecule has 0 bridgehead atoms. The summed E-state index contributed by atoms with van der Waals surface area (Å²) in [5.74, 6) is -0.382. The molecule has 5 nitrogen and oxygen atoms in total. The van der Waals surface area contributed by atoms with Crippen LogP contribution in [0.5, 0.6) is 0 Å². The molecule has 0 spiro atoms. The third kappa shape index (κ3) is 2.55. The van der Waals surface area contributed by atoms with Gasteiger partial charge in [-0.25, -0.2) is 9.37 Å². The Bertz CT molecular complexity index is 841. The zero-order chi connectivity index (χ0) is 15.0. The lowest BCUT2D eigenvalue weighted by Gasteiger charge is -2.06. The van der Waals surface area contributed by atoms with Gasteiger partial charge in [0.05, 0.1) is 16.6 Å². The minimum absolute atomic E-state index is 0.0508. The molecule has 0 aliphatic carbocycles. The monoisotopic (exact) mass is 284 g/mol. The summed E-state index contributed by atoms with van der Waals surface area (Å²) in [5.41, 5.74) is 7.87. The Balaban J connectivity index is 1.88. The summed E-state index contributed by atoms with van der Waals surface area (Å²) in [6.07, 6.45) is 0. The summed E-state index contributed by atoms with van der Waals surface area (Å²) in [5, 5.41) is 2.65. The fourth-order valence-corrected chi connectivity index (χ4v) is 2.13. The van der Waals surface area contributed by atoms with Gasteiger partial charge in [0.15, 0.2) is 0 Å². The van der Waals surface area contributed by atoms with Crippen molar-refractivity contribution in [2.24, 2.45) is 0 Å². The molecule has 0 saturated carbocycles. The number of H-pyrrole nitrogens is 1. The highest BCUT2D eigenvalue weighted by Gasteiger charge is 2.12. The van der Waals surface area contributed by atoms with Crippen molar-refractivity contribution >= 4 is 28.3 Å². The Morgan fingerprint density at radius 2 is 2.10 bits per heavy atom. The van der Waals surface area contributed by atoms with E-state index in [1.807, 2.05) is 6.92 Å². The van der Waals surface area contributed by atoms with Crippen molar-refractivity contribution in [2.75, 3.05) is 11.1 Å². The molecular weight excluding hydrogens is 271 g/mol. The number of carbonyl (C=O) groups excluding carboxylic acids is 1. The molecule has 0 unspecified atom stereocenters. The van der Waals surface area contributed by atoms with E-state index in [9.17, 15) is 9.18 Å².